The smallest absolute Gasteiger partial charge is 0.315 e. The van der Waals surface area contributed by atoms with Gasteiger partial charge < -0.3 is 15.1 Å². The van der Waals surface area contributed by atoms with E-state index in [1.165, 1.54) is 25.7 Å². The minimum Gasteiger partial charge on any atom is -0.407 e. The molecule has 1 aliphatic carbocycles. The van der Waals surface area contributed by atoms with Gasteiger partial charge >= 0.3 is 6.01 Å². The average molecular weight is 298 g/mol. The quantitative estimate of drug-likeness (QED) is 0.807. The molecule has 0 saturated heterocycles. The van der Waals surface area contributed by atoms with Crippen LogP contribution in [0.3, 0.4) is 0 Å². The number of rotatable bonds is 7. The molecule has 1 fully saturated rings. The van der Waals surface area contributed by atoms with Crippen LogP contribution in [0.1, 0.15) is 45.4 Å². The van der Waals surface area contributed by atoms with Gasteiger partial charge in [-0.1, -0.05) is 25.4 Å². The van der Waals surface area contributed by atoms with Crippen LogP contribution in [0.2, 0.25) is 0 Å². The number of hydrogen-bond donors (Lipinski definition) is 2. The zero-order valence-electron chi connectivity index (χ0n) is 12.7. The summed E-state index contributed by atoms with van der Waals surface area (Å²) >= 11 is 1.96. The number of thioether (sulfide) groups is 1. The highest BCUT2D eigenvalue weighted by atomic mass is 32.2. The Morgan fingerprint density at radius 2 is 2.20 bits per heavy atom. The lowest BCUT2D eigenvalue weighted by atomic mass is 9.95. The average Bonchev–Trinajstić information content (AvgIpc) is 2.86. The molecular formula is C14H26N4OS. The van der Waals surface area contributed by atoms with E-state index in [2.05, 4.69) is 40.9 Å². The predicted molar refractivity (Wildman–Crippen MR) is 84.0 cm³/mol. The zero-order valence-corrected chi connectivity index (χ0v) is 13.5. The summed E-state index contributed by atoms with van der Waals surface area (Å²) in [6.45, 7) is 5.96. The summed E-state index contributed by atoms with van der Waals surface area (Å²) in [5, 5.41) is 15.6. The SMILES string of the molecule is CSC1CCCC(Nc2nnc(CNCC(C)C)o2)C1. The first kappa shape index (κ1) is 15.6. The molecule has 0 amide bonds. The van der Waals surface area contributed by atoms with Crippen LogP contribution in [0, 0.1) is 5.92 Å². The van der Waals surface area contributed by atoms with E-state index >= 15 is 0 Å². The van der Waals surface area contributed by atoms with Gasteiger partial charge in [0.1, 0.15) is 0 Å². The maximum atomic E-state index is 5.63. The van der Waals surface area contributed by atoms with Crippen molar-refractivity contribution in [3.63, 3.8) is 0 Å². The van der Waals surface area contributed by atoms with E-state index in [0.717, 1.165) is 11.8 Å². The summed E-state index contributed by atoms with van der Waals surface area (Å²) in [6.07, 6.45) is 7.18. The third-order valence-corrected chi connectivity index (χ3v) is 4.68. The summed E-state index contributed by atoms with van der Waals surface area (Å²) in [7, 11) is 0. The van der Waals surface area contributed by atoms with E-state index < -0.39 is 0 Å². The Hall–Kier alpha value is -0.750. The molecule has 2 rings (SSSR count). The fourth-order valence-electron chi connectivity index (χ4n) is 2.52. The van der Waals surface area contributed by atoms with Crippen LogP contribution in [0.4, 0.5) is 6.01 Å². The molecule has 0 aromatic carbocycles. The Labute approximate surface area is 125 Å². The number of nitrogens with zero attached hydrogens (tertiary/aromatic N) is 2. The Balaban J connectivity index is 1.77. The van der Waals surface area contributed by atoms with E-state index in [1.54, 1.807) is 0 Å². The van der Waals surface area contributed by atoms with Crippen LogP contribution in [-0.2, 0) is 6.54 Å². The van der Waals surface area contributed by atoms with E-state index in [1.807, 2.05) is 11.8 Å². The second kappa shape index (κ2) is 7.88. The van der Waals surface area contributed by atoms with Gasteiger partial charge in [-0.05, 0) is 38.0 Å². The molecule has 1 aromatic rings. The number of anilines is 1. The van der Waals surface area contributed by atoms with Crippen molar-refractivity contribution in [3.05, 3.63) is 5.89 Å². The number of hydrogen-bond acceptors (Lipinski definition) is 6. The Morgan fingerprint density at radius 3 is 2.95 bits per heavy atom. The van der Waals surface area contributed by atoms with Gasteiger partial charge in [0.05, 0.1) is 6.54 Å². The molecule has 1 aromatic heterocycles. The van der Waals surface area contributed by atoms with Crippen molar-refractivity contribution in [2.45, 2.75) is 57.4 Å². The molecule has 1 saturated carbocycles. The summed E-state index contributed by atoms with van der Waals surface area (Å²) in [5.74, 6) is 1.28. The Kier molecular flexibility index (Phi) is 6.16. The second-order valence-electron chi connectivity index (χ2n) is 5.89. The first-order valence-corrected chi connectivity index (χ1v) is 8.78. The lowest BCUT2D eigenvalue weighted by Gasteiger charge is -2.27. The van der Waals surface area contributed by atoms with Crippen molar-refractivity contribution < 1.29 is 4.42 Å². The van der Waals surface area contributed by atoms with Crippen LogP contribution >= 0.6 is 11.8 Å². The maximum Gasteiger partial charge on any atom is 0.315 e. The highest BCUT2D eigenvalue weighted by molar-refractivity contribution is 7.99. The molecule has 2 atom stereocenters. The molecule has 0 aliphatic heterocycles. The third-order valence-electron chi connectivity index (χ3n) is 3.58. The Bertz CT molecular complexity index is 396. The summed E-state index contributed by atoms with van der Waals surface area (Å²) in [5.41, 5.74) is 0. The summed E-state index contributed by atoms with van der Waals surface area (Å²) in [6, 6.07) is 1.04. The predicted octanol–water partition coefficient (Wildman–Crippen LogP) is 2.90. The molecule has 20 heavy (non-hydrogen) atoms. The molecule has 0 bridgehead atoms. The summed E-state index contributed by atoms with van der Waals surface area (Å²) < 4.78 is 5.63. The molecule has 0 spiro atoms. The number of aromatic nitrogens is 2. The normalized spacial score (nSPS) is 23.2. The molecule has 1 heterocycles. The highest BCUT2D eigenvalue weighted by Crippen LogP contribution is 2.28. The number of nitrogens with one attached hydrogen (secondary N) is 2. The van der Waals surface area contributed by atoms with Crippen molar-refractivity contribution >= 4 is 17.8 Å². The van der Waals surface area contributed by atoms with E-state index in [4.69, 9.17) is 4.42 Å². The van der Waals surface area contributed by atoms with Crippen LogP contribution in [-0.4, -0.2) is 34.3 Å². The maximum absolute atomic E-state index is 5.63. The first-order valence-electron chi connectivity index (χ1n) is 7.49. The van der Waals surface area contributed by atoms with Crippen molar-refractivity contribution in [3.8, 4) is 0 Å². The standard InChI is InChI=1S/C14H26N4OS/c1-10(2)8-15-9-13-17-18-14(19-13)16-11-5-4-6-12(7-11)20-3/h10-12,15H,4-9H2,1-3H3,(H,16,18). The van der Waals surface area contributed by atoms with Crippen molar-refractivity contribution in [2.24, 2.45) is 5.92 Å². The van der Waals surface area contributed by atoms with Crippen LogP contribution in [0.25, 0.3) is 0 Å². The van der Waals surface area contributed by atoms with Gasteiger partial charge in [0.25, 0.3) is 0 Å². The second-order valence-corrected chi connectivity index (χ2v) is 7.03. The van der Waals surface area contributed by atoms with Crippen LogP contribution in [0.5, 0.6) is 0 Å². The lowest BCUT2D eigenvalue weighted by Crippen LogP contribution is -2.28. The molecule has 1 aliphatic rings. The Morgan fingerprint density at radius 1 is 1.35 bits per heavy atom. The molecule has 5 nitrogen and oxygen atoms in total. The highest BCUT2D eigenvalue weighted by Gasteiger charge is 2.22. The van der Waals surface area contributed by atoms with Crippen LogP contribution < -0.4 is 10.6 Å². The molecular weight excluding hydrogens is 272 g/mol. The fraction of sp³-hybridized carbons (Fsp3) is 0.857. The van der Waals surface area contributed by atoms with Crippen LogP contribution in [0.15, 0.2) is 4.42 Å². The molecule has 6 heteroatoms. The van der Waals surface area contributed by atoms with Crippen molar-refractivity contribution in [2.75, 3.05) is 18.1 Å². The van der Waals surface area contributed by atoms with Gasteiger partial charge in [0.15, 0.2) is 0 Å². The first-order chi connectivity index (χ1) is 9.67. The zero-order chi connectivity index (χ0) is 14.4. The van der Waals surface area contributed by atoms with E-state index in [9.17, 15) is 0 Å². The van der Waals surface area contributed by atoms with Gasteiger partial charge in [-0.25, -0.2) is 0 Å². The molecule has 0 radical (unpaired) electrons. The topological polar surface area (TPSA) is 63.0 Å². The van der Waals surface area contributed by atoms with Crippen molar-refractivity contribution in [1.29, 1.82) is 0 Å². The largest absolute Gasteiger partial charge is 0.407 e. The van der Waals surface area contributed by atoms with Gasteiger partial charge in [-0.15, -0.1) is 5.10 Å². The summed E-state index contributed by atoms with van der Waals surface area (Å²) in [4.78, 5) is 0. The van der Waals surface area contributed by atoms with Gasteiger partial charge in [-0.2, -0.15) is 11.8 Å². The van der Waals surface area contributed by atoms with Gasteiger partial charge in [0, 0.05) is 11.3 Å². The van der Waals surface area contributed by atoms with E-state index in [-0.39, 0.29) is 0 Å². The third kappa shape index (κ3) is 4.98. The minimum absolute atomic E-state index is 0.470. The molecule has 2 unspecified atom stereocenters. The molecule has 114 valence electrons. The van der Waals surface area contributed by atoms with Crippen molar-refractivity contribution in [1.82, 2.24) is 15.5 Å². The lowest BCUT2D eigenvalue weighted by molar-refractivity contribution is 0.435. The molecule has 2 N–H and O–H groups in total. The van der Waals surface area contributed by atoms with Gasteiger partial charge in [0.2, 0.25) is 5.89 Å². The van der Waals surface area contributed by atoms with Gasteiger partial charge in [-0.3, -0.25) is 0 Å². The minimum atomic E-state index is 0.470. The fourth-order valence-corrected chi connectivity index (χ4v) is 3.34. The van der Waals surface area contributed by atoms with E-state index in [0.29, 0.717) is 30.4 Å². The monoisotopic (exact) mass is 298 g/mol.